The Morgan fingerprint density at radius 2 is 1.44 bits per heavy atom. The van der Waals surface area contributed by atoms with Crippen LogP contribution in [0, 0.1) is 17.8 Å². The van der Waals surface area contributed by atoms with Crippen molar-refractivity contribution in [1.29, 1.82) is 0 Å². The van der Waals surface area contributed by atoms with Crippen LogP contribution in [0.4, 0.5) is 0 Å². The molecule has 1 rings (SSSR count). The van der Waals surface area contributed by atoms with Crippen LogP contribution in [0.1, 0.15) is 107 Å². The van der Waals surface area contributed by atoms with Crippen LogP contribution in [-0.2, 0) is 43.0 Å². The first-order chi connectivity index (χ1) is 25.4. The van der Waals surface area contributed by atoms with Crippen molar-refractivity contribution in [3.05, 3.63) is 12.2 Å². The van der Waals surface area contributed by atoms with Gasteiger partial charge in [0.25, 0.3) is 0 Å². The molecule has 0 saturated carbocycles. The van der Waals surface area contributed by atoms with E-state index in [9.17, 15) is 38.7 Å². The lowest BCUT2D eigenvalue weighted by Gasteiger charge is -2.27. The average molecular weight is 767 g/mol. The van der Waals surface area contributed by atoms with E-state index in [4.69, 9.17) is 9.47 Å². The summed E-state index contributed by atoms with van der Waals surface area (Å²) in [6.07, 6.45) is 3.94. The van der Waals surface area contributed by atoms with E-state index < -0.39 is 59.9 Å². The normalized spacial score (nSPS) is 23.7. The molecule has 1 heterocycles. The molecule has 6 amide bonds. The number of hydrogen-bond donors (Lipinski definition) is 7. The Morgan fingerprint density at radius 3 is 2.02 bits per heavy atom. The maximum Gasteiger partial charge on any atom is 0.305 e. The highest BCUT2D eigenvalue weighted by molar-refractivity contribution is 5.83. The van der Waals surface area contributed by atoms with Crippen molar-refractivity contribution in [2.45, 2.75) is 143 Å². The second-order valence-corrected chi connectivity index (χ2v) is 15.2. The molecule has 0 spiro atoms. The second-order valence-electron chi connectivity index (χ2n) is 15.2. The number of carboxylic acid groups (broad SMARTS) is 1. The highest BCUT2D eigenvalue weighted by Gasteiger charge is 2.27. The van der Waals surface area contributed by atoms with Crippen LogP contribution in [0.3, 0.4) is 0 Å². The van der Waals surface area contributed by atoms with Crippen molar-refractivity contribution in [1.82, 2.24) is 31.9 Å². The van der Waals surface area contributed by atoms with Crippen LogP contribution in [0.15, 0.2) is 12.2 Å². The van der Waals surface area contributed by atoms with Crippen LogP contribution in [-0.4, -0.2) is 109 Å². The Bertz CT molecular complexity index is 1260. The zero-order valence-corrected chi connectivity index (χ0v) is 33.5. The Balaban J connectivity index is 3.18. The molecule has 0 bridgehead atoms. The molecule has 16 heteroatoms. The maximum absolute atomic E-state index is 13.3. The van der Waals surface area contributed by atoms with E-state index in [1.54, 1.807) is 19.1 Å². The van der Waals surface area contributed by atoms with E-state index in [1.165, 1.54) is 6.92 Å². The van der Waals surface area contributed by atoms with Crippen molar-refractivity contribution < 1.29 is 48.1 Å². The standard InChI is InChI=1S/C38H66N6O10/c1-9-25(6)32-20-37(50)43-30(17-35(48)41-28(14-23(2)3)18-38(51)52)22-54-13-11-10-12-53-21-29(16-34(47)39-26(7)15-33(46)44-32)42-36(49)19-31(24(4)5)40-27(8)45/h10-11,23-26,28-32H,9,12-22H2,1-8H3,(H,39,47)(H,40,45)(H,41,48)(H,42,49)(H,43,50)(H,44,46)(H,51,52)/b11-10+/t25-,26-,28+,29+,30+,31+,32+/m0/s1. The molecular weight excluding hydrogens is 700 g/mol. The first kappa shape index (κ1) is 48.0. The van der Waals surface area contributed by atoms with Gasteiger partial charge in [-0.05, 0) is 31.1 Å². The van der Waals surface area contributed by atoms with Crippen molar-refractivity contribution in [3.8, 4) is 0 Å². The van der Waals surface area contributed by atoms with Gasteiger partial charge in [0, 0.05) is 63.2 Å². The molecule has 54 heavy (non-hydrogen) atoms. The average Bonchev–Trinajstić information content (AvgIpc) is 3.03. The zero-order chi connectivity index (χ0) is 40.8. The number of hydrogen-bond acceptors (Lipinski definition) is 9. The Hall–Kier alpha value is -4.05. The van der Waals surface area contributed by atoms with Crippen LogP contribution >= 0.6 is 0 Å². The van der Waals surface area contributed by atoms with Gasteiger partial charge >= 0.3 is 5.97 Å². The summed E-state index contributed by atoms with van der Waals surface area (Å²) in [6, 6.07) is -3.51. The van der Waals surface area contributed by atoms with Gasteiger partial charge in [0.15, 0.2) is 0 Å². The van der Waals surface area contributed by atoms with Crippen LogP contribution in [0.5, 0.6) is 0 Å². The smallest absolute Gasteiger partial charge is 0.305 e. The van der Waals surface area contributed by atoms with Gasteiger partial charge in [-0.25, -0.2) is 0 Å². The van der Waals surface area contributed by atoms with Gasteiger partial charge in [-0.1, -0.05) is 60.1 Å². The monoisotopic (exact) mass is 766 g/mol. The molecule has 0 saturated heterocycles. The molecule has 1 aliphatic heterocycles. The molecule has 0 aliphatic carbocycles. The molecule has 0 fully saturated rings. The first-order valence-electron chi connectivity index (χ1n) is 19.1. The number of carboxylic acids is 1. The van der Waals surface area contributed by atoms with Crippen LogP contribution < -0.4 is 31.9 Å². The fourth-order valence-corrected chi connectivity index (χ4v) is 6.00. The van der Waals surface area contributed by atoms with Gasteiger partial charge in [-0.2, -0.15) is 0 Å². The third-order valence-corrected chi connectivity index (χ3v) is 8.95. The Morgan fingerprint density at radius 1 is 0.833 bits per heavy atom. The van der Waals surface area contributed by atoms with Crippen LogP contribution in [0.25, 0.3) is 0 Å². The largest absolute Gasteiger partial charge is 0.481 e. The third kappa shape index (κ3) is 22.2. The lowest BCUT2D eigenvalue weighted by molar-refractivity contribution is -0.138. The summed E-state index contributed by atoms with van der Waals surface area (Å²) < 4.78 is 11.5. The minimum absolute atomic E-state index is 0.00515. The number of aliphatic carboxylic acids is 1. The molecule has 1 aliphatic rings. The number of nitrogens with one attached hydrogen (secondary N) is 6. The van der Waals surface area contributed by atoms with Gasteiger partial charge in [0.1, 0.15) is 0 Å². The minimum atomic E-state index is -1.03. The van der Waals surface area contributed by atoms with E-state index >= 15 is 0 Å². The fourth-order valence-electron chi connectivity index (χ4n) is 6.00. The van der Waals surface area contributed by atoms with Gasteiger partial charge in [-0.3, -0.25) is 33.6 Å². The van der Waals surface area contributed by atoms with Gasteiger partial charge in [0.05, 0.1) is 44.9 Å². The fraction of sp³-hybridized carbons (Fsp3) is 0.763. The lowest BCUT2D eigenvalue weighted by atomic mass is 9.95. The van der Waals surface area contributed by atoms with Crippen molar-refractivity contribution in [2.24, 2.45) is 17.8 Å². The van der Waals surface area contributed by atoms with E-state index in [0.29, 0.717) is 12.8 Å². The summed E-state index contributed by atoms with van der Waals surface area (Å²) in [4.78, 5) is 88.7. The van der Waals surface area contributed by atoms with E-state index in [-0.39, 0.29) is 100 Å². The second kappa shape index (κ2) is 25.9. The molecule has 7 atom stereocenters. The van der Waals surface area contributed by atoms with Gasteiger partial charge in [-0.15, -0.1) is 0 Å². The minimum Gasteiger partial charge on any atom is -0.481 e. The summed E-state index contributed by atoms with van der Waals surface area (Å²) in [6.45, 7) is 14.8. The van der Waals surface area contributed by atoms with E-state index in [2.05, 4.69) is 31.9 Å². The quantitative estimate of drug-likeness (QED) is 0.127. The summed E-state index contributed by atoms with van der Waals surface area (Å²) in [5, 5.41) is 26.4. The molecule has 308 valence electrons. The summed E-state index contributed by atoms with van der Waals surface area (Å²) >= 11 is 0. The molecule has 0 aromatic heterocycles. The number of rotatable bonds is 14. The predicted molar refractivity (Wildman–Crippen MR) is 203 cm³/mol. The Kier molecular flexibility index (Phi) is 23.0. The first-order valence-corrected chi connectivity index (χ1v) is 19.1. The molecule has 0 aromatic rings. The zero-order valence-electron chi connectivity index (χ0n) is 33.5. The maximum atomic E-state index is 13.3. The molecule has 7 N–H and O–H groups in total. The molecule has 0 radical (unpaired) electrons. The van der Waals surface area contributed by atoms with Gasteiger partial charge < -0.3 is 46.5 Å². The Labute approximate surface area is 320 Å². The van der Waals surface area contributed by atoms with Crippen molar-refractivity contribution >= 4 is 41.4 Å². The lowest BCUT2D eigenvalue weighted by Crippen LogP contribution is -2.49. The van der Waals surface area contributed by atoms with E-state index in [1.807, 2.05) is 41.5 Å². The number of carbonyl (C=O) groups excluding carboxylic acids is 6. The molecule has 0 aromatic carbocycles. The van der Waals surface area contributed by atoms with Gasteiger partial charge in [0.2, 0.25) is 35.4 Å². The number of amides is 6. The van der Waals surface area contributed by atoms with E-state index in [0.717, 1.165) is 0 Å². The summed E-state index contributed by atoms with van der Waals surface area (Å²) in [5.74, 6) is -3.15. The number of carbonyl (C=O) groups is 7. The third-order valence-electron chi connectivity index (χ3n) is 8.95. The summed E-state index contributed by atoms with van der Waals surface area (Å²) in [7, 11) is 0. The summed E-state index contributed by atoms with van der Waals surface area (Å²) in [5.41, 5.74) is 0. The molecule has 0 unspecified atom stereocenters. The molecule has 16 nitrogen and oxygen atoms in total. The van der Waals surface area contributed by atoms with Crippen molar-refractivity contribution in [3.63, 3.8) is 0 Å². The van der Waals surface area contributed by atoms with Crippen molar-refractivity contribution in [2.75, 3.05) is 26.4 Å². The highest BCUT2D eigenvalue weighted by atomic mass is 16.5. The SMILES string of the molecule is CC[C@H](C)[C@H]1CC(=O)N[C@H](CC(=O)N[C@@H](CC(=O)O)CC(C)C)COC/C=C/COC[C@H](NC(=O)C[C@@H](NC(C)=O)C(C)C)CC(=O)N[C@@H](C)CC(=O)N1. The molecular formula is C38H66N6O10. The van der Waals surface area contributed by atoms with Crippen LogP contribution in [0.2, 0.25) is 0 Å². The predicted octanol–water partition coefficient (Wildman–Crippen LogP) is 1.71. The topological polar surface area (TPSA) is 230 Å². The number of ether oxygens (including phenoxy) is 2. The highest BCUT2D eigenvalue weighted by Crippen LogP contribution is 2.14.